The van der Waals surface area contributed by atoms with Gasteiger partial charge in [0.25, 0.3) is 0 Å². The number of ketones is 1. The average Bonchev–Trinajstić information content (AvgIpc) is 3.04. The molecular weight excluding hydrogens is 368 g/mol. The minimum atomic E-state index is -1.78. The van der Waals surface area contributed by atoms with Crippen molar-refractivity contribution < 1.29 is 19.4 Å². The van der Waals surface area contributed by atoms with Gasteiger partial charge in [-0.2, -0.15) is 0 Å². The molecule has 2 aliphatic carbocycles. The summed E-state index contributed by atoms with van der Waals surface area (Å²) in [6.45, 7) is 9.40. The van der Waals surface area contributed by atoms with Crippen molar-refractivity contribution in [3.05, 3.63) is 50.9 Å². The second-order valence-corrected chi connectivity index (χ2v) is 9.20. The first-order valence-electron chi connectivity index (χ1n) is 10.3. The van der Waals surface area contributed by atoms with Gasteiger partial charge in [-0.1, -0.05) is 32.9 Å². The zero-order valence-corrected chi connectivity index (χ0v) is 17.6. The van der Waals surface area contributed by atoms with E-state index in [9.17, 15) is 19.8 Å². The number of carbonyl (C=O) groups excluding carboxylic acids is 1. The summed E-state index contributed by atoms with van der Waals surface area (Å²) < 4.78 is 5.63. The molecule has 0 amide bonds. The molecule has 2 N–H and O–H groups in total. The molecule has 1 heterocycles. The van der Waals surface area contributed by atoms with Gasteiger partial charge in [-0.25, -0.2) is 4.79 Å². The van der Waals surface area contributed by atoms with Crippen molar-refractivity contribution in [3.8, 4) is 5.75 Å². The lowest BCUT2D eigenvalue weighted by Gasteiger charge is -2.44. The number of hydrogen-bond acceptors (Lipinski definition) is 5. The molecule has 3 unspecified atom stereocenters. The fourth-order valence-corrected chi connectivity index (χ4v) is 6.04. The first-order valence-corrected chi connectivity index (χ1v) is 10.3. The molecule has 5 heteroatoms. The Labute approximate surface area is 170 Å². The highest BCUT2D eigenvalue weighted by molar-refractivity contribution is 6.08. The molecule has 1 aromatic carbocycles. The van der Waals surface area contributed by atoms with Gasteiger partial charge in [0.2, 0.25) is 0 Å². The van der Waals surface area contributed by atoms with Crippen LogP contribution in [-0.4, -0.2) is 21.6 Å². The monoisotopic (exact) mass is 396 g/mol. The van der Waals surface area contributed by atoms with Crippen molar-refractivity contribution in [1.29, 1.82) is 0 Å². The molecule has 5 nitrogen and oxygen atoms in total. The number of aromatic hydroxyl groups is 1. The van der Waals surface area contributed by atoms with E-state index < -0.39 is 16.6 Å². The number of carbonyl (C=O) groups is 1. The Bertz CT molecular complexity index is 1120. The second-order valence-electron chi connectivity index (χ2n) is 9.20. The lowest BCUT2D eigenvalue weighted by molar-refractivity contribution is -0.141. The van der Waals surface area contributed by atoms with Crippen molar-refractivity contribution >= 4 is 16.8 Å². The summed E-state index contributed by atoms with van der Waals surface area (Å²) in [5, 5.41) is 23.8. The Hall–Kier alpha value is -2.40. The molecule has 0 saturated heterocycles. The van der Waals surface area contributed by atoms with Crippen LogP contribution in [0, 0.1) is 18.8 Å². The Morgan fingerprint density at radius 2 is 1.93 bits per heavy atom. The van der Waals surface area contributed by atoms with Crippen LogP contribution in [0.1, 0.15) is 58.1 Å². The molecule has 1 saturated carbocycles. The van der Waals surface area contributed by atoms with E-state index in [1.165, 1.54) is 0 Å². The van der Waals surface area contributed by atoms with Crippen LogP contribution in [0.4, 0.5) is 0 Å². The van der Waals surface area contributed by atoms with E-state index in [4.69, 9.17) is 4.42 Å². The second kappa shape index (κ2) is 6.30. The van der Waals surface area contributed by atoms with Gasteiger partial charge in [-0.05, 0) is 67.7 Å². The molecule has 0 radical (unpaired) electrons. The van der Waals surface area contributed by atoms with Gasteiger partial charge in [0.05, 0.1) is 16.4 Å². The highest BCUT2D eigenvalue weighted by atomic mass is 16.4. The highest BCUT2D eigenvalue weighted by Crippen LogP contribution is 2.63. The lowest BCUT2D eigenvalue weighted by Crippen LogP contribution is -2.57. The van der Waals surface area contributed by atoms with E-state index in [-0.39, 0.29) is 35.4 Å². The predicted molar refractivity (Wildman–Crippen MR) is 111 cm³/mol. The maximum atomic E-state index is 13.3. The number of fused-ring (bicyclic) bond motifs is 2. The smallest absolute Gasteiger partial charge is 0.344 e. The van der Waals surface area contributed by atoms with E-state index in [1.807, 2.05) is 33.8 Å². The van der Waals surface area contributed by atoms with E-state index >= 15 is 0 Å². The number of hydrogen-bond donors (Lipinski definition) is 2. The summed E-state index contributed by atoms with van der Waals surface area (Å²) in [5.74, 6) is -0.684. The van der Waals surface area contributed by atoms with Gasteiger partial charge < -0.3 is 14.6 Å². The fraction of sp³-hybridized carbons (Fsp3) is 0.500. The largest absolute Gasteiger partial charge is 0.507 e. The molecule has 2 aliphatic rings. The van der Waals surface area contributed by atoms with Crippen LogP contribution in [-0.2, 0) is 10.2 Å². The number of rotatable bonds is 3. The van der Waals surface area contributed by atoms with Crippen LogP contribution in [0.25, 0.3) is 11.0 Å². The predicted octanol–water partition coefficient (Wildman–Crippen LogP) is 4.15. The molecule has 4 rings (SSSR count). The molecule has 2 aromatic rings. The van der Waals surface area contributed by atoms with Crippen LogP contribution >= 0.6 is 0 Å². The first kappa shape index (κ1) is 19.9. The summed E-state index contributed by atoms with van der Waals surface area (Å²) in [5.41, 5.74) is -1.33. The zero-order valence-electron chi connectivity index (χ0n) is 17.6. The van der Waals surface area contributed by atoms with Gasteiger partial charge in [0.15, 0.2) is 5.78 Å². The Balaban J connectivity index is 2.17. The molecule has 0 bridgehead atoms. The maximum Gasteiger partial charge on any atom is 0.344 e. The minimum absolute atomic E-state index is 0.0251. The van der Waals surface area contributed by atoms with Crippen LogP contribution in [0.3, 0.4) is 0 Å². The third-order valence-electron chi connectivity index (χ3n) is 7.08. The molecule has 1 aromatic heterocycles. The topological polar surface area (TPSA) is 87.7 Å². The van der Waals surface area contributed by atoms with Gasteiger partial charge in [0, 0.05) is 0 Å². The van der Waals surface area contributed by atoms with Crippen LogP contribution in [0.2, 0.25) is 0 Å². The standard InChI is InChI=1S/C24H28O5/c1-12(2)11-23(28)21(26)15(5)16-10-9-14(4)24(16,23)19-20(25)18-13(3)7-6-8-17(18)29-22(19)27/h6-8,12,14,25,28H,9-11H2,1-5H3. The Morgan fingerprint density at radius 3 is 2.59 bits per heavy atom. The van der Waals surface area contributed by atoms with Gasteiger partial charge in [0.1, 0.15) is 16.9 Å². The number of aryl methyl sites for hydroxylation is 1. The SMILES string of the molecule is CC1=C2CCC(C)C2(c2c(O)c3c(C)cccc3oc2=O)C(O)(CC(C)C)C1=O. The van der Waals surface area contributed by atoms with E-state index in [0.29, 0.717) is 23.0 Å². The molecule has 29 heavy (non-hydrogen) atoms. The summed E-state index contributed by atoms with van der Waals surface area (Å²) in [4.78, 5) is 26.6. The summed E-state index contributed by atoms with van der Waals surface area (Å²) in [7, 11) is 0. The molecule has 0 spiro atoms. The quantitative estimate of drug-likeness (QED) is 0.761. The van der Waals surface area contributed by atoms with Crippen molar-refractivity contribution in [2.75, 3.05) is 0 Å². The van der Waals surface area contributed by atoms with E-state index in [2.05, 4.69) is 0 Å². The fourth-order valence-electron chi connectivity index (χ4n) is 6.04. The van der Waals surface area contributed by atoms with Crippen LogP contribution in [0.5, 0.6) is 5.75 Å². The van der Waals surface area contributed by atoms with Gasteiger partial charge >= 0.3 is 5.63 Å². The molecule has 154 valence electrons. The maximum absolute atomic E-state index is 13.3. The van der Waals surface area contributed by atoms with Crippen molar-refractivity contribution in [2.45, 2.75) is 64.9 Å². The third kappa shape index (κ3) is 2.31. The number of benzene rings is 1. The average molecular weight is 396 g/mol. The summed E-state index contributed by atoms with van der Waals surface area (Å²) in [6.07, 6.45) is 1.55. The number of Topliss-reactive ketones (excluding diaryl/α,β-unsaturated/α-hetero) is 1. The van der Waals surface area contributed by atoms with E-state index in [1.54, 1.807) is 19.1 Å². The first-order chi connectivity index (χ1) is 13.6. The molecule has 1 fully saturated rings. The summed E-state index contributed by atoms with van der Waals surface area (Å²) >= 11 is 0. The third-order valence-corrected chi connectivity index (χ3v) is 7.08. The van der Waals surface area contributed by atoms with Gasteiger partial charge in [-0.15, -0.1) is 0 Å². The number of aliphatic hydroxyl groups is 1. The zero-order chi connectivity index (χ0) is 21.3. The van der Waals surface area contributed by atoms with Crippen LogP contribution in [0.15, 0.2) is 38.6 Å². The Morgan fingerprint density at radius 1 is 1.24 bits per heavy atom. The Kier molecular flexibility index (Phi) is 4.32. The highest BCUT2D eigenvalue weighted by Gasteiger charge is 2.69. The van der Waals surface area contributed by atoms with E-state index in [0.717, 1.165) is 17.6 Å². The summed E-state index contributed by atoms with van der Waals surface area (Å²) in [6, 6.07) is 5.24. The molecule has 3 atom stereocenters. The molecule has 0 aliphatic heterocycles. The normalized spacial score (nSPS) is 29.3. The van der Waals surface area contributed by atoms with Crippen LogP contribution < -0.4 is 5.63 Å². The van der Waals surface area contributed by atoms with Crippen molar-refractivity contribution in [3.63, 3.8) is 0 Å². The lowest BCUT2D eigenvalue weighted by atomic mass is 9.60. The van der Waals surface area contributed by atoms with Crippen molar-refractivity contribution in [2.24, 2.45) is 11.8 Å². The van der Waals surface area contributed by atoms with Gasteiger partial charge in [-0.3, -0.25) is 4.79 Å². The minimum Gasteiger partial charge on any atom is -0.507 e. The molecular formula is C24H28O5. The van der Waals surface area contributed by atoms with Crippen molar-refractivity contribution in [1.82, 2.24) is 0 Å².